The van der Waals surface area contributed by atoms with Gasteiger partial charge < -0.3 is 9.64 Å². The number of benzene rings is 1. The molecule has 0 aromatic heterocycles. The van der Waals surface area contributed by atoms with Gasteiger partial charge in [-0.05, 0) is 18.4 Å². The number of nitrogens with zero attached hydrogens (tertiary/aromatic N) is 3. The molecule has 3 heterocycles. The molecule has 0 spiro atoms. The van der Waals surface area contributed by atoms with Gasteiger partial charge in [0.1, 0.15) is 17.7 Å². The van der Waals surface area contributed by atoms with E-state index < -0.39 is 39.9 Å². The van der Waals surface area contributed by atoms with Crippen LogP contribution in [0.5, 0.6) is 0 Å². The third kappa shape index (κ3) is 4.72. The van der Waals surface area contributed by atoms with Crippen molar-refractivity contribution in [3.8, 4) is 0 Å². The van der Waals surface area contributed by atoms with Crippen LogP contribution in [0.3, 0.4) is 0 Å². The average molecular weight is 480 g/mol. The van der Waals surface area contributed by atoms with Gasteiger partial charge >= 0.3 is 5.97 Å². The molecule has 33 heavy (non-hydrogen) atoms. The maximum absolute atomic E-state index is 14.8. The molecule has 12 heteroatoms. The van der Waals surface area contributed by atoms with Crippen LogP contribution in [0, 0.1) is 17.6 Å². The van der Waals surface area contributed by atoms with Gasteiger partial charge in [-0.1, -0.05) is 19.1 Å². The first-order valence-corrected chi connectivity index (χ1v) is 11.8. The summed E-state index contributed by atoms with van der Waals surface area (Å²) in [5.41, 5.74) is 1.07. The Morgan fingerprint density at radius 3 is 2.70 bits per heavy atom. The van der Waals surface area contributed by atoms with Crippen molar-refractivity contribution in [3.63, 3.8) is 0 Å². The summed E-state index contributed by atoms with van der Waals surface area (Å²) in [6.07, 6.45) is 4.21. The maximum Gasteiger partial charge on any atom is 0.338 e. The van der Waals surface area contributed by atoms with Gasteiger partial charge in [-0.15, -0.1) is 0 Å². The number of allylic oxidation sites excluding steroid dienone is 1. The number of carbonyl (C=O) groups excluding carboxylic acids is 1. The molecule has 1 saturated heterocycles. The lowest BCUT2D eigenvalue weighted by Gasteiger charge is -2.33. The van der Waals surface area contributed by atoms with Crippen molar-refractivity contribution in [1.29, 1.82) is 0 Å². The molecule has 0 bridgehead atoms. The molecule has 3 aliphatic heterocycles. The lowest BCUT2D eigenvalue weighted by Crippen LogP contribution is -2.44. The summed E-state index contributed by atoms with van der Waals surface area (Å²) < 4.78 is 59.0. The van der Waals surface area contributed by atoms with Crippen molar-refractivity contribution in [2.45, 2.75) is 31.8 Å². The standard InChI is InChI=1S/C21H23F2N5O4S/c1-11-5-6-25-16(7-11)20-26-19(14-4-3-12(22)8-15(14)23)18(21(29)32-2)17-9-13(10-28(17)20)27-33(24,30)31/h3-6,8,11,13,19,27H,7,9-10H2,1-2H3,(H2,24,30,31)/t11?,13-,19-/m0/s1. The quantitative estimate of drug-likeness (QED) is 0.622. The zero-order valence-corrected chi connectivity index (χ0v) is 18.8. The molecule has 9 nitrogen and oxygen atoms in total. The Balaban J connectivity index is 1.89. The Kier molecular flexibility index (Phi) is 6.16. The second-order valence-corrected chi connectivity index (χ2v) is 9.47. The predicted octanol–water partition coefficient (Wildman–Crippen LogP) is 1.71. The third-order valence-electron chi connectivity index (χ3n) is 5.67. The van der Waals surface area contributed by atoms with E-state index in [0.717, 1.165) is 12.1 Å². The fourth-order valence-corrected chi connectivity index (χ4v) is 4.93. The minimum absolute atomic E-state index is 0.00990. The molecule has 1 aromatic carbocycles. The highest BCUT2D eigenvalue weighted by Gasteiger charge is 2.43. The van der Waals surface area contributed by atoms with E-state index in [0.29, 0.717) is 23.7 Å². The molecule has 3 aliphatic rings. The number of aliphatic imine (C=N–C) groups is 2. The van der Waals surface area contributed by atoms with Crippen molar-refractivity contribution < 1.29 is 26.7 Å². The number of fused-ring (bicyclic) bond motifs is 1. The monoisotopic (exact) mass is 479 g/mol. The summed E-state index contributed by atoms with van der Waals surface area (Å²) in [5.74, 6) is -1.83. The number of esters is 1. The van der Waals surface area contributed by atoms with E-state index in [1.54, 1.807) is 11.1 Å². The summed E-state index contributed by atoms with van der Waals surface area (Å²) in [4.78, 5) is 23.6. The molecular weight excluding hydrogens is 456 g/mol. The molecule has 0 aliphatic carbocycles. The largest absolute Gasteiger partial charge is 0.466 e. The van der Waals surface area contributed by atoms with E-state index in [1.807, 2.05) is 13.0 Å². The topological polar surface area (TPSA) is 126 Å². The van der Waals surface area contributed by atoms with Crippen molar-refractivity contribution >= 4 is 27.7 Å². The summed E-state index contributed by atoms with van der Waals surface area (Å²) in [6.45, 7) is 2.14. The number of hydrogen-bond donors (Lipinski definition) is 2. The number of ether oxygens (including phenoxy) is 1. The summed E-state index contributed by atoms with van der Waals surface area (Å²) >= 11 is 0. The van der Waals surface area contributed by atoms with E-state index in [-0.39, 0.29) is 30.0 Å². The number of nitrogens with two attached hydrogens (primary N) is 1. The molecular formula is C21H23F2N5O4S. The molecule has 0 amide bonds. The van der Waals surface area contributed by atoms with Gasteiger partial charge in [0.25, 0.3) is 10.2 Å². The Morgan fingerprint density at radius 2 is 2.06 bits per heavy atom. The highest BCUT2D eigenvalue weighted by molar-refractivity contribution is 7.87. The lowest BCUT2D eigenvalue weighted by molar-refractivity contribution is -0.136. The van der Waals surface area contributed by atoms with Crippen LogP contribution >= 0.6 is 0 Å². The number of halogens is 2. The van der Waals surface area contributed by atoms with Crippen LogP contribution in [-0.2, 0) is 19.7 Å². The highest BCUT2D eigenvalue weighted by atomic mass is 32.2. The smallest absolute Gasteiger partial charge is 0.338 e. The Hall–Kier alpha value is -2.96. The number of carbonyl (C=O) groups is 1. The molecule has 1 aromatic rings. The average Bonchev–Trinajstić information content (AvgIpc) is 3.13. The van der Waals surface area contributed by atoms with E-state index in [4.69, 9.17) is 9.88 Å². The zero-order chi connectivity index (χ0) is 23.9. The van der Waals surface area contributed by atoms with E-state index in [2.05, 4.69) is 14.7 Å². The second kappa shape index (κ2) is 8.76. The molecule has 176 valence electrons. The van der Waals surface area contributed by atoms with Crippen LogP contribution in [0.15, 0.2) is 51.7 Å². The number of rotatable bonds is 5. The minimum atomic E-state index is -4.02. The Labute approximate surface area is 189 Å². The van der Waals surface area contributed by atoms with Crippen LogP contribution in [0.25, 0.3) is 0 Å². The van der Waals surface area contributed by atoms with Gasteiger partial charge in [0.05, 0.1) is 18.4 Å². The first-order chi connectivity index (χ1) is 15.6. The van der Waals surface area contributed by atoms with E-state index >= 15 is 0 Å². The second-order valence-electron chi connectivity index (χ2n) is 8.15. The number of nitrogens with one attached hydrogen (secondary N) is 1. The van der Waals surface area contributed by atoms with Gasteiger partial charge in [0, 0.05) is 42.5 Å². The van der Waals surface area contributed by atoms with E-state index in [9.17, 15) is 22.0 Å². The van der Waals surface area contributed by atoms with Crippen LogP contribution in [0.1, 0.15) is 31.4 Å². The lowest BCUT2D eigenvalue weighted by atomic mass is 9.92. The maximum atomic E-state index is 14.8. The highest BCUT2D eigenvalue weighted by Crippen LogP contribution is 2.41. The molecule has 1 unspecified atom stereocenters. The van der Waals surface area contributed by atoms with Crippen LogP contribution < -0.4 is 9.86 Å². The molecule has 1 fully saturated rings. The van der Waals surface area contributed by atoms with Crippen LogP contribution in [-0.4, -0.2) is 50.5 Å². The van der Waals surface area contributed by atoms with Gasteiger partial charge in [0.2, 0.25) is 0 Å². The Morgan fingerprint density at radius 1 is 1.30 bits per heavy atom. The molecule has 3 atom stereocenters. The molecule has 3 N–H and O–H groups in total. The van der Waals surface area contributed by atoms with Crippen molar-refractivity contribution in [2.24, 2.45) is 21.0 Å². The first kappa shape index (κ1) is 23.2. The number of amidine groups is 1. The summed E-state index contributed by atoms with van der Waals surface area (Å²) in [6, 6.07) is 1.25. The SMILES string of the molecule is COC(=O)C1=C2C[C@H](NS(N)(=O)=O)CN2C(C2=NC=CC(C)C2)=N[C@H]1c1ccc(F)cc1F. The minimum Gasteiger partial charge on any atom is -0.466 e. The van der Waals surface area contributed by atoms with E-state index in [1.165, 1.54) is 13.2 Å². The van der Waals surface area contributed by atoms with Crippen molar-refractivity contribution in [1.82, 2.24) is 9.62 Å². The Bertz CT molecular complexity index is 1230. The third-order valence-corrected chi connectivity index (χ3v) is 6.33. The van der Waals surface area contributed by atoms with Crippen molar-refractivity contribution in [2.75, 3.05) is 13.7 Å². The molecule has 0 radical (unpaired) electrons. The molecule has 0 saturated carbocycles. The van der Waals surface area contributed by atoms with Crippen LogP contribution in [0.4, 0.5) is 8.78 Å². The first-order valence-electron chi connectivity index (χ1n) is 10.2. The van der Waals surface area contributed by atoms with Gasteiger partial charge in [-0.3, -0.25) is 9.98 Å². The number of hydrogen-bond acceptors (Lipinski definition) is 7. The zero-order valence-electron chi connectivity index (χ0n) is 18.0. The summed E-state index contributed by atoms with van der Waals surface area (Å²) in [5, 5.41) is 5.16. The van der Waals surface area contributed by atoms with Gasteiger partial charge in [0.15, 0.2) is 5.84 Å². The van der Waals surface area contributed by atoms with Gasteiger partial charge in [-0.2, -0.15) is 13.1 Å². The van der Waals surface area contributed by atoms with Gasteiger partial charge in [-0.25, -0.2) is 18.7 Å². The fraction of sp³-hybridized carbons (Fsp3) is 0.381. The normalized spacial score (nSPS) is 25.0. The number of methoxy groups -OCH3 is 1. The van der Waals surface area contributed by atoms with Crippen LogP contribution in [0.2, 0.25) is 0 Å². The summed E-state index contributed by atoms with van der Waals surface area (Å²) in [7, 11) is -2.84. The molecule has 4 rings (SSSR count). The fourth-order valence-electron chi connectivity index (χ4n) is 4.31. The predicted molar refractivity (Wildman–Crippen MR) is 117 cm³/mol. The van der Waals surface area contributed by atoms with Crippen molar-refractivity contribution in [3.05, 3.63) is 58.9 Å².